The number of benzene rings is 2. The largest absolute Gasteiger partial charge is 0.379 e. The van der Waals surface area contributed by atoms with Crippen molar-refractivity contribution < 1.29 is 23.8 Å². The van der Waals surface area contributed by atoms with Crippen molar-refractivity contribution in [1.29, 1.82) is 5.26 Å². The molecule has 1 aliphatic rings. The lowest BCUT2D eigenvalue weighted by atomic mass is 9.93. The van der Waals surface area contributed by atoms with Crippen molar-refractivity contribution >= 4 is 29.1 Å². The lowest BCUT2D eigenvalue weighted by molar-refractivity contribution is -0.122. The van der Waals surface area contributed by atoms with Gasteiger partial charge in [0.2, 0.25) is 5.91 Å². The molecule has 3 aromatic rings. The van der Waals surface area contributed by atoms with Crippen molar-refractivity contribution in [2.24, 2.45) is 11.0 Å². The van der Waals surface area contributed by atoms with Crippen molar-refractivity contribution in [3.8, 4) is 17.3 Å². The Morgan fingerprint density at radius 3 is 2.33 bits per heavy atom. The standard InChI is InChI=1S/C34H41N9O5/c35-25-27-7-9-29(10-8-27)39-34(45)40-30-4-1-3-28(24-30)31-5-2-6-32(41-31)43-15-11-26(12-16-43)23-33(44)37-13-17-46-19-21-48-22-20-47-18-14-38-42-36/h1-10,24,26H,11-23H2,(H,37,44)(H2,39,40,45). The lowest BCUT2D eigenvalue weighted by Gasteiger charge is -2.32. The maximum absolute atomic E-state index is 12.5. The second-order valence-electron chi connectivity index (χ2n) is 11.0. The molecule has 1 fully saturated rings. The summed E-state index contributed by atoms with van der Waals surface area (Å²) >= 11 is 0. The zero-order chi connectivity index (χ0) is 33.8. The van der Waals surface area contributed by atoms with Crippen molar-refractivity contribution in [3.63, 3.8) is 0 Å². The Morgan fingerprint density at radius 2 is 1.60 bits per heavy atom. The van der Waals surface area contributed by atoms with Crippen LogP contribution in [-0.4, -0.2) is 82.7 Å². The molecule has 0 spiro atoms. The van der Waals surface area contributed by atoms with Gasteiger partial charge in [0, 0.05) is 54.4 Å². The van der Waals surface area contributed by atoms with E-state index in [1.54, 1.807) is 24.3 Å². The molecule has 2 heterocycles. The first kappa shape index (κ1) is 35.7. The SMILES string of the molecule is N#Cc1ccc(NC(=O)Nc2cccc(-c3cccc(N4CCC(CC(=O)NCCOCCOCCOCCN=[N+]=[N-])CC4)n3)c2)cc1. The molecule has 0 bridgehead atoms. The van der Waals surface area contributed by atoms with Gasteiger partial charge in [0.25, 0.3) is 0 Å². The normalized spacial score (nSPS) is 12.9. The number of piperidine rings is 1. The number of pyridine rings is 1. The third kappa shape index (κ3) is 12.5. The third-order valence-electron chi connectivity index (χ3n) is 7.55. The van der Waals surface area contributed by atoms with Crippen LogP contribution in [0.5, 0.6) is 0 Å². The Hall–Kier alpha value is -5.19. The highest BCUT2D eigenvalue weighted by atomic mass is 16.5. The van der Waals surface area contributed by atoms with Crippen LogP contribution in [0.2, 0.25) is 0 Å². The number of carbonyl (C=O) groups is 2. The maximum Gasteiger partial charge on any atom is 0.323 e. The van der Waals surface area contributed by atoms with Crippen molar-refractivity contribution in [1.82, 2.24) is 10.3 Å². The Kier molecular flexibility index (Phi) is 15.0. The molecule has 1 aromatic heterocycles. The molecule has 0 saturated carbocycles. The Balaban J connectivity index is 1.12. The number of amides is 3. The van der Waals surface area contributed by atoms with Crippen LogP contribution in [0.25, 0.3) is 21.7 Å². The molecule has 48 heavy (non-hydrogen) atoms. The molecule has 252 valence electrons. The molecule has 0 aliphatic carbocycles. The topological polar surface area (TPSA) is 187 Å². The number of nitrogens with one attached hydrogen (secondary N) is 3. The minimum atomic E-state index is -0.385. The van der Waals surface area contributed by atoms with E-state index < -0.39 is 0 Å². The van der Waals surface area contributed by atoms with E-state index in [0.717, 1.165) is 43.0 Å². The average molecular weight is 656 g/mol. The molecular weight excluding hydrogens is 614 g/mol. The first-order valence-corrected chi connectivity index (χ1v) is 16.0. The van der Waals surface area contributed by atoms with E-state index in [-0.39, 0.29) is 11.9 Å². The van der Waals surface area contributed by atoms with Crippen LogP contribution in [0, 0.1) is 17.2 Å². The number of hydrogen-bond acceptors (Lipinski definition) is 9. The van der Waals surface area contributed by atoms with Crippen LogP contribution in [0.1, 0.15) is 24.8 Å². The number of rotatable bonds is 18. The minimum absolute atomic E-state index is 0.0328. The number of carbonyl (C=O) groups excluding carboxylic acids is 2. The average Bonchev–Trinajstić information content (AvgIpc) is 3.11. The van der Waals surface area contributed by atoms with Gasteiger partial charge in [-0.1, -0.05) is 23.3 Å². The van der Waals surface area contributed by atoms with Crippen LogP contribution >= 0.6 is 0 Å². The summed E-state index contributed by atoms with van der Waals surface area (Å²) in [6.45, 7) is 4.92. The fourth-order valence-electron chi connectivity index (χ4n) is 5.09. The van der Waals surface area contributed by atoms with Crippen molar-refractivity contribution in [2.45, 2.75) is 19.3 Å². The van der Waals surface area contributed by atoms with Crippen LogP contribution in [-0.2, 0) is 19.0 Å². The number of nitriles is 1. The predicted octanol–water partition coefficient (Wildman–Crippen LogP) is 5.35. The van der Waals surface area contributed by atoms with Crippen LogP contribution in [0.3, 0.4) is 0 Å². The van der Waals surface area contributed by atoms with E-state index in [0.29, 0.717) is 82.0 Å². The highest BCUT2D eigenvalue weighted by molar-refractivity contribution is 6.00. The van der Waals surface area contributed by atoms with Gasteiger partial charge in [0.15, 0.2) is 0 Å². The van der Waals surface area contributed by atoms with Crippen LogP contribution in [0.15, 0.2) is 71.8 Å². The molecule has 3 amide bonds. The number of azide groups is 1. The van der Waals surface area contributed by atoms with Crippen LogP contribution in [0.4, 0.5) is 22.0 Å². The summed E-state index contributed by atoms with van der Waals surface area (Å²) in [5.74, 6) is 1.22. The van der Waals surface area contributed by atoms with Gasteiger partial charge >= 0.3 is 6.03 Å². The molecule has 2 aromatic carbocycles. The number of aromatic nitrogens is 1. The summed E-state index contributed by atoms with van der Waals surface area (Å²) in [4.78, 5) is 34.8. The van der Waals surface area contributed by atoms with Crippen LogP contribution < -0.4 is 20.9 Å². The molecule has 1 aliphatic heterocycles. The predicted molar refractivity (Wildman–Crippen MR) is 183 cm³/mol. The zero-order valence-corrected chi connectivity index (χ0v) is 26.8. The van der Waals surface area contributed by atoms with E-state index in [4.69, 9.17) is 30.0 Å². The van der Waals surface area contributed by atoms with Gasteiger partial charge in [-0.2, -0.15) is 5.26 Å². The molecule has 4 rings (SSSR count). The molecule has 14 heteroatoms. The van der Waals surface area contributed by atoms with Gasteiger partial charge in [-0.3, -0.25) is 4.79 Å². The summed E-state index contributed by atoms with van der Waals surface area (Å²) in [5, 5.41) is 20.9. The highest BCUT2D eigenvalue weighted by Gasteiger charge is 2.22. The molecule has 0 radical (unpaired) electrons. The van der Waals surface area contributed by atoms with E-state index in [1.807, 2.05) is 42.5 Å². The minimum Gasteiger partial charge on any atom is -0.379 e. The Morgan fingerprint density at radius 1 is 0.917 bits per heavy atom. The van der Waals surface area contributed by atoms with Gasteiger partial charge in [-0.15, -0.1) is 0 Å². The highest BCUT2D eigenvalue weighted by Crippen LogP contribution is 2.27. The van der Waals surface area contributed by atoms with Gasteiger partial charge in [-0.05, 0) is 72.8 Å². The zero-order valence-electron chi connectivity index (χ0n) is 26.8. The lowest BCUT2D eigenvalue weighted by Crippen LogP contribution is -2.37. The molecule has 14 nitrogen and oxygen atoms in total. The Bertz CT molecular complexity index is 1550. The number of urea groups is 1. The second-order valence-corrected chi connectivity index (χ2v) is 11.0. The molecular formula is C34H41N9O5. The first-order valence-electron chi connectivity index (χ1n) is 16.0. The second kappa shape index (κ2) is 20.1. The first-order chi connectivity index (χ1) is 23.5. The van der Waals surface area contributed by atoms with Gasteiger partial charge in [0.1, 0.15) is 5.82 Å². The van der Waals surface area contributed by atoms with Gasteiger partial charge < -0.3 is 35.1 Å². The fourth-order valence-corrected chi connectivity index (χ4v) is 5.09. The van der Waals surface area contributed by atoms with Gasteiger partial charge in [-0.25, -0.2) is 9.78 Å². The summed E-state index contributed by atoms with van der Waals surface area (Å²) in [7, 11) is 0. The maximum atomic E-state index is 12.5. The fraction of sp³-hybridized carbons (Fsp3) is 0.412. The quantitative estimate of drug-likeness (QED) is 0.0708. The van der Waals surface area contributed by atoms with E-state index >= 15 is 0 Å². The summed E-state index contributed by atoms with van der Waals surface area (Å²) in [6.07, 6.45) is 2.29. The number of ether oxygens (including phenoxy) is 3. The number of nitrogens with zero attached hydrogens (tertiary/aromatic N) is 6. The van der Waals surface area contributed by atoms with E-state index in [1.165, 1.54) is 0 Å². The van der Waals surface area contributed by atoms with Crippen molar-refractivity contribution in [3.05, 3.63) is 82.7 Å². The van der Waals surface area contributed by atoms with Crippen molar-refractivity contribution in [2.75, 3.05) is 81.4 Å². The van der Waals surface area contributed by atoms with E-state index in [2.05, 4.69) is 36.9 Å². The number of anilines is 3. The van der Waals surface area contributed by atoms with E-state index in [9.17, 15) is 9.59 Å². The molecule has 3 N–H and O–H groups in total. The van der Waals surface area contributed by atoms with Gasteiger partial charge in [0.05, 0.1) is 57.0 Å². The summed E-state index contributed by atoms with van der Waals surface area (Å²) in [5.41, 5.74) is 11.6. The molecule has 0 atom stereocenters. The monoisotopic (exact) mass is 655 g/mol. The summed E-state index contributed by atoms with van der Waals surface area (Å²) < 4.78 is 16.2. The molecule has 0 unspecified atom stereocenters. The third-order valence-corrected chi connectivity index (χ3v) is 7.55. The smallest absolute Gasteiger partial charge is 0.323 e. The summed E-state index contributed by atoms with van der Waals surface area (Å²) in [6, 6.07) is 21.8. The number of hydrogen-bond donors (Lipinski definition) is 3. The molecule has 1 saturated heterocycles. The Labute approximate surface area is 280 Å².